The summed E-state index contributed by atoms with van der Waals surface area (Å²) in [6, 6.07) is 78.0. The third-order valence-corrected chi connectivity index (χ3v) is 12.2. The van der Waals surface area contributed by atoms with Crippen LogP contribution in [-0.2, 0) is 0 Å². The van der Waals surface area contributed by atoms with Gasteiger partial charge in [-0.3, -0.25) is 0 Å². The number of para-hydroxylation sites is 3. The highest BCUT2D eigenvalue weighted by Crippen LogP contribution is 2.41. The van der Waals surface area contributed by atoms with E-state index >= 15 is 0 Å². The van der Waals surface area contributed by atoms with Crippen molar-refractivity contribution in [1.29, 1.82) is 5.26 Å². The average molecular weight is 817 g/mol. The lowest BCUT2D eigenvalue weighted by atomic mass is 9.98. The molecule has 0 bridgehead atoms. The Kier molecular flexibility index (Phi) is 8.77. The Hall–Kier alpha value is -8.92. The Morgan fingerprint density at radius 3 is 1.45 bits per heavy atom. The van der Waals surface area contributed by atoms with Crippen LogP contribution in [-0.4, -0.2) is 24.1 Å². The van der Waals surface area contributed by atoms with Crippen LogP contribution in [0.25, 0.3) is 111 Å². The van der Waals surface area contributed by atoms with E-state index in [1.807, 2.05) is 84.9 Å². The van der Waals surface area contributed by atoms with Crippen LogP contribution < -0.4 is 0 Å². The highest BCUT2D eigenvalue weighted by molar-refractivity contribution is 6.12. The van der Waals surface area contributed by atoms with Gasteiger partial charge in [-0.05, 0) is 89.0 Å². The molecule has 6 nitrogen and oxygen atoms in total. The van der Waals surface area contributed by atoms with Crippen molar-refractivity contribution in [2.75, 3.05) is 0 Å². The lowest BCUT2D eigenvalue weighted by Crippen LogP contribution is -2.04. The van der Waals surface area contributed by atoms with Crippen LogP contribution in [0.15, 0.2) is 218 Å². The minimum Gasteiger partial charge on any atom is -0.309 e. The van der Waals surface area contributed by atoms with Crippen LogP contribution in [0.1, 0.15) is 5.56 Å². The van der Waals surface area contributed by atoms with Crippen molar-refractivity contribution in [3.63, 3.8) is 0 Å². The number of hydrogen-bond acceptors (Lipinski definition) is 4. The summed E-state index contributed by atoms with van der Waals surface area (Å²) >= 11 is 0. The van der Waals surface area contributed by atoms with E-state index < -0.39 is 0 Å². The van der Waals surface area contributed by atoms with Gasteiger partial charge in [-0.15, -0.1) is 0 Å². The van der Waals surface area contributed by atoms with E-state index in [9.17, 15) is 5.26 Å². The Morgan fingerprint density at radius 2 is 0.797 bits per heavy atom. The summed E-state index contributed by atoms with van der Waals surface area (Å²) < 4.78 is 4.67. The first kappa shape index (κ1) is 36.9. The van der Waals surface area contributed by atoms with Crippen molar-refractivity contribution in [2.45, 2.75) is 0 Å². The zero-order chi connectivity index (χ0) is 42.6. The largest absolute Gasteiger partial charge is 0.309 e. The fourth-order valence-corrected chi connectivity index (χ4v) is 9.26. The average Bonchev–Trinajstić information content (AvgIpc) is 3.89. The molecule has 12 aromatic rings. The number of hydrogen-bond donors (Lipinski definition) is 0. The van der Waals surface area contributed by atoms with Gasteiger partial charge in [0, 0.05) is 43.9 Å². The number of aromatic nitrogens is 5. The van der Waals surface area contributed by atoms with E-state index in [-0.39, 0.29) is 0 Å². The maximum Gasteiger partial charge on any atom is 0.166 e. The van der Waals surface area contributed by atoms with Crippen LogP contribution in [0, 0.1) is 11.3 Å². The minimum absolute atomic E-state index is 0.566. The molecule has 0 atom stereocenters. The molecule has 0 amide bonds. The van der Waals surface area contributed by atoms with Crippen LogP contribution in [0.2, 0.25) is 0 Å². The smallest absolute Gasteiger partial charge is 0.166 e. The van der Waals surface area contributed by atoms with Crippen LogP contribution in [0.5, 0.6) is 0 Å². The zero-order valence-corrected chi connectivity index (χ0v) is 34.5. The van der Waals surface area contributed by atoms with Crippen LogP contribution >= 0.6 is 0 Å². The maximum absolute atomic E-state index is 10.0. The molecular formula is C58H36N6. The molecule has 64 heavy (non-hydrogen) atoms. The number of rotatable bonds is 7. The molecule has 0 fully saturated rings. The summed E-state index contributed by atoms with van der Waals surface area (Å²) in [6.07, 6.45) is 0. The van der Waals surface area contributed by atoms with Crippen molar-refractivity contribution < 1.29 is 0 Å². The molecule has 0 N–H and O–H groups in total. The number of benzene rings is 9. The second-order valence-electron chi connectivity index (χ2n) is 15.9. The SMILES string of the molecule is N#Cc1ccccc1-c1ccc2c(c1)c1ccccc1n2-c1ccc(-c2ccc3c(c2)c2ccccc2n3-c2ccccc2)cc1-c1nc(-c2ccccc2)nc(-c2ccccc2)n1. The second-order valence-corrected chi connectivity index (χ2v) is 15.9. The predicted molar refractivity (Wildman–Crippen MR) is 260 cm³/mol. The normalized spacial score (nSPS) is 11.4. The number of fused-ring (bicyclic) bond motifs is 6. The molecule has 0 radical (unpaired) electrons. The lowest BCUT2D eigenvalue weighted by molar-refractivity contribution is 1.06. The fraction of sp³-hybridized carbons (Fsp3) is 0. The molecule has 0 aliphatic heterocycles. The molecule has 298 valence electrons. The third-order valence-electron chi connectivity index (χ3n) is 12.2. The van der Waals surface area contributed by atoms with Crippen molar-refractivity contribution in [1.82, 2.24) is 24.1 Å². The lowest BCUT2D eigenvalue weighted by Gasteiger charge is -2.16. The van der Waals surface area contributed by atoms with Gasteiger partial charge in [0.25, 0.3) is 0 Å². The topological polar surface area (TPSA) is 72.3 Å². The van der Waals surface area contributed by atoms with Crippen LogP contribution in [0.3, 0.4) is 0 Å². The second kappa shape index (κ2) is 15.2. The predicted octanol–water partition coefficient (Wildman–Crippen LogP) is 14.3. The molecule has 0 aliphatic carbocycles. The van der Waals surface area contributed by atoms with Gasteiger partial charge in [0.05, 0.1) is 39.4 Å². The van der Waals surface area contributed by atoms with Gasteiger partial charge in [-0.1, -0.05) is 152 Å². The molecular weight excluding hydrogens is 781 g/mol. The third kappa shape index (κ3) is 6.14. The zero-order valence-electron chi connectivity index (χ0n) is 34.5. The quantitative estimate of drug-likeness (QED) is 0.161. The summed E-state index contributed by atoms with van der Waals surface area (Å²) in [5.74, 6) is 1.76. The Labute approximate surface area is 369 Å². The molecule has 9 aromatic carbocycles. The summed E-state index contributed by atoms with van der Waals surface area (Å²) in [7, 11) is 0. The van der Waals surface area contributed by atoms with Crippen molar-refractivity contribution in [2.24, 2.45) is 0 Å². The molecule has 6 heteroatoms. The summed E-state index contributed by atoms with van der Waals surface area (Å²) in [5, 5.41) is 14.6. The molecule has 0 unspecified atom stereocenters. The molecule has 0 aliphatic rings. The van der Waals surface area contributed by atoms with Gasteiger partial charge in [-0.2, -0.15) is 5.26 Å². The van der Waals surface area contributed by atoms with Crippen LogP contribution in [0.4, 0.5) is 0 Å². The molecule has 12 rings (SSSR count). The minimum atomic E-state index is 0.566. The maximum atomic E-state index is 10.0. The van der Waals surface area contributed by atoms with E-state index in [4.69, 9.17) is 15.0 Å². The van der Waals surface area contributed by atoms with Gasteiger partial charge >= 0.3 is 0 Å². The van der Waals surface area contributed by atoms with E-state index in [1.165, 1.54) is 10.8 Å². The molecule has 3 heterocycles. The Morgan fingerprint density at radius 1 is 0.328 bits per heavy atom. The van der Waals surface area contributed by atoms with Gasteiger partial charge in [0.15, 0.2) is 17.5 Å². The van der Waals surface area contributed by atoms with Gasteiger partial charge < -0.3 is 9.13 Å². The van der Waals surface area contributed by atoms with Crippen molar-refractivity contribution >= 4 is 43.6 Å². The molecule has 0 saturated carbocycles. The van der Waals surface area contributed by atoms with Gasteiger partial charge in [0.2, 0.25) is 0 Å². The van der Waals surface area contributed by atoms with E-state index in [2.05, 4.69) is 149 Å². The first-order valence-electron chi connectivity index (χ1n) is 21.3. The van der Waals surface area contributed by atoms with Crippen molar-refractivity contribution in [3.8, 4) is 73.9 Å². The molecule has 3 aromatic heterocycles. The summed E-state index contributed by atoms with van der Waals surface area (Å²) in [4.78, 5) is 15.7. The monoisotopic (exact) mass is 816 g/mol. The van der Waals surface area contributed by atoms with Gasteiger partial charge in [-0.25, -0.2) is 15.0 Å². The first-order chi connectivity index (χ1) is 31.7. The van der Waals surface area contributed by atoms with E-state index in [0.29, 0.717) is 23.0 Å². The fourth-order valence-electron chi connectivity index (χ4n) is 9.26. The van der Waals surface area contributed by atoms with Gasteiger partial charge in [0.1, 0.15) is 0 Å². The van der Waals surface area contributed by atoms with Crippen molar-refractivity contribution in [3.05, 3.63) is 224 Å². The molecule has 0 saturated heterocycles. The standard InChI is InChI=1S/C58H36N6/c59-37-43-20-10-11-23-45(43)42-30-33-54-49(36-42)47-25-13-15-27-52(47)64(54)55-32-29-41(40-28-31-53-48(34-40)46-24-12-14-26-51(46)63(53)44-21-8-3-9-22-44)35-50(55)58-61-56(38-16-4-1-5-17-38)60-57(62-58)39-18-6-2-7-19-39/h1-36H. The highest BCUT2D eigenvalue weighted by atomic mass is 15.1. The summed E-state index contributed by atoms with van der Waals surface area (Å²) in [6.45, 7) is 0. The number of nitrogens with zero attached hydrogens (tertiary/aromatic N) is 6. The summed E-state index contributed by atoms with van der Waals surface area (Å²) in [5.41, 5.74) is 13.8. The highest BCUT2D eigenvalue weighted by Gasteiger charge is 2.22. The van der Waals surface area contributed by atoms with E-state index in [0.717, 1.165) is 83.2 Å². The van der Waals surface area contributed by atoms with E-state index in [1.54, 1.807) is 0 Å². The number of nitriles is 1. The Balaban J connectivity index is 1.12. The Bertz CT molecular complexity index is 3730. The molecule has 0 spiro atoms. The first-order valence-corrected chi connectivity index (χ1v) is 21.3.